The summed E-state index contributed by atoms with van der Waals surface area (Å²) in [6, 6.07) is 3.17. The minimum Gasteiger partial charge on any atom is -0.399 e. The highest BCUT2D eigenvalue weighted by Crippen LogP contribution is 2.40. The van der Waals surface area contributed by atoms with Crippen molar-refractivity contribution in [2.45, 2.75) is 44.9 Å². The Bertz CT molecular complexity index is 850. The van der Waals surface area contributed by atoms with Crippen LogP contribution in [-0.2, 0) is 19.3 Å². The van der Waals surface area contributed by atoms with Gasteiger partial charge >= 0.3 is 6.36 Å². The Hall–Kier alpha value is -2.25. The number of halogens is 7. The number of aryl methyl sites for hydroxylation is 1. The summed E-state index contributed by atoms with van der Waals surface area (Å²) in [5.41, 5.74) is 0.261. The van der Waals surface area contributed by atoms with Gasteiger partial charge in [0.05, 0.1) is 0 Å². The Balaban J connectivity index is 1.96. The van der Waals surface area contributed by atoms with E-state index in [0.29, 0.717) is 12.0 Å². The summed E-state index contributed by atoms with van der Waals surface area (Å²) in [5, 5.41) is 0. The van der Waals surface area contributed by atoms with Gasteiger partial charge in [-0.25, -0.2) is 17.6 Å². The molecule has 1 atom stereocenters. The van der Waals surface area contributed by atoms with Crippen molar-refractivity contribution in [2.75, 3.05) is 0 Å². The standard InChI is InChI=1S/C19H15F7O/c1-2-9-5-13(20)16(14(21)6-9)10-3-4-12-11(7-10)8-15(22)18(17(12)23)27-19(24,25)26/h5-6,8,10H,2-4,7H2,1H3. The molecule has 0 aliphatic heterocycles. The van der Waals surface area contributed by atoms with Gasteiger partial charge in [0.2, 0.25) is 5.75 Å². The number of hydrogen-bond acceptors (Lipinski definition) is 1. The average molecular weight is 392 g/mol. The Morgan fingerprint density at radius 1 is 1.00 bits per heavy atom. The van der Waals surface area contributed by atoms with Crippen molar-refractivity contribution in [2.24, 2.45) is 0 Å². The van der Waals surface area contributed by atoms with Crippen LogP contribution in [0.5, 0.6) is 5.75 Å². The summed E-state index contributed by atoms with van der Waals surface area (Å²) in [7, 11) is 0. The van der Waals surface area contributed by atoms with Crippen molar-refractivity contribution >= 4 is 0 Å². The molecular weight excluding hydrogens is 377 g/mol. The van der Waals surface area contributed by atoms with E-state index in [1.54, 1.807) is 6.92 Å². The smallest absolute Gasteiger partial charge is 0.399 e. The summed E-state index contributed by atoms with van der Waals surface area (Å²) in [4.78, 5) is 0. The SMILES string of the molecule is CCc1cc(F)c(C2CCc3c(cc(F)c(OC(F)(F)F)c3F)C2)c(F)c1. The lowest BCUT2D eigenvalue weighted by Crippen LogP contribution is -2.22. The fourth-order valence-corrected chi connectivity index (χ4v) is 3.51. The van der Waals surface area contributed by atoms with Gasteiger partial charge in [0.1, 0.15) is 11.6 Å². The fourth-order valence-electron chi connectivity index (χ4n) is 3.51. The molecule has 1 aliphatic carbocycles. The number of hydrogen-bond donors (Lipinski definition) is 0. The van der Waals surface area contributed by atoms with Crippen molar-refractivity contribution in [3.8, 4) is 5.75 Å². The molecule has 0 amide bonds. The number of fused-ring (bicyclic) bond motifs is 1. The van der Waals surface area contributed by atoms with Crippen molar-refractivity contribution in [1.29, 1.82) is 0 Å². The molecule has 0 heterocycles. The predicted molar refractivity (Wildman–Crippen MR) is 83.5 cm³/mol. The molecule has 8 heteroatoms. The van der Waals surface area contributed by atoms with Gasteiger partial charge in [-0.3, -0.25) is 0 Å². The van der Waals surface area contributed by atoms with E-state index < -0.39 is 41.3 Å². The van der Waals surface area contributed by atoms with Gasteiger partial charge in [0.15, 0.2) is 11.6 Å². The molecule has 0 fully saturated rings. The molecule has 0 aromatic heterocycles. The summed E-state index contributed by atoms with van der Waals surface area (Å²) in [6.45, 7) is 1.75. The minimum absolute atomic E-state index is 0.0779. The first-order valence-electron chi connectivity index (χ1n) is 8.34. The first kappa shape index (κ1) is 19.5. The van der Waals surface area contributed by atoms with Crippen molar-refractivity contribution < 1.29 is 35.5 Å². The molecule has 0 spiro atoms. The second-order valence-corrected chi connectivity index (χ2v) is 6.45. The van der Waals surface area contributed by atoms with Crippen LogP contribution >= 0.6 is 0 Å². The normalized spacial score (nSPS) is 17.0. The van der Waals surface area contributed by atoms with E-state index in [4.69, 9.17) is 0 Å². The van der Waals surface area contributed by atoms with E-state index in [1.165, 1.54) is 12.1 Å². The van der Waals surface area contributed by atoms with Crippen LogP contribution in [0.3, 0.4) is 0 Å². The predicted octanol–water partition coefficient (Wildman–Crippen LogP) is 5.98. The Morgan fingerprint density at radius 3 is 2.19 bits per heavy atom. The highest BCUT2D eigenvalue weighted by Gasteiger charge is 2.36. The minimum atomic E-state index is -5.24. The quantitative estimate of drug-likeness (QED) is 0.584. The maximum absolute atomic E-state index is 14.3. The third-order valence-electron chi connectivity index (χ3n) is 4.75. The maximum atomic E-state index is 14.3. The summed E-state index contributed by atoms with van der Waals surface area (Å²) < 4.78 is 97.3. The van der Waals surface area contributed by atoms with Gasteiger partial charge in [-0.2, -0.15) is 0 Å². The lowest BCUT2D eigenvalue weighted by Gasteiger charge is -2.27. The Kier molecular flexibility index (Phi) is 5.10. The zero-order chi connectivity index (χ0) is 19.9. The van der Waals surface area contributed by atoms with Crippen LogP contribution in [-0.4, -0.2) is 6.36 Å². The van der Waals surface area contributed by atoms with Crippen LogP contribution in [0.2, 0.25) is 0 Å². The van der Waals surface area contributed by atoms with Crippen LogP contribution in [0.15, 0.2) is 18.2 Å². The second-order valence-electron chi connectivity index (χ2n) is 6.45. The molecule has 1 nitrogen and oxygen atoms in total. The largest absolute Gasteiger partial charge is 0.573 e. The second kappa shape index (κ2) is 7.05. The van der Waals surface area contributed by atoms with Gasteiger partial charge in [-0.15, -0.1) is 13.2 Å². The molecule has 1 unspecified atom stereocenters. The van der Waals surface area contributed by atoms with Crippen LogP contribution in [0.4, 0.5) is 30.7 Å². The van der Waals surface area contributed by atoms with Gasteiger partial charge in [0.25, 0.3) is 0 Å². The van der Waals surface area contributed by atoms with Gasteiger partial charge in [-0.1, -0.05) is 6.92 Å². The van der Waals surface area contributed by atoms with E-state index in [0.717, 1.165) is 6.07 Å². The van der Waals surface area contributed by atoms with Gasteiger partial charge < -0.3 is 4.74 Å². The molecule has 3 rings (SSSR count). The number of ether oxygens (including phenoxy) is 1. The highest BCUT2D eigenvalue weighted by atomic mass is 19.4. The number of benzene rings is 2. The lowest BCUT2D eigenvalue weighted by molar-refractivity contribution is -0.276. The molecule has 2 aromatic rings. The molecule has 27 heavy (non-hydrogen) atoms. The van der Waals surface area contributed by atoms with Crippen LogP contribution in [0.25, 0.3) is 0 Å². The third kappa shape index (κ3) is 3.89. The van der Waals surface area contributed by atoms with Crippen LogP contribution < -0.4 is 4.74 Å². The molecule has 146 valence electrons. The Morgan fingerprint density at radius 2 is 1.63 bits per heavy atom. The van der Waals surface area contributed by atoms with Gasteiger partial charge in [0, 0.05) is 5.56 Å². The summed E-state index contributed by atoms with van der Waals surface area (Å²) >= 11 is 0. The maximum Gasteiger partial charge on any atom is 0.573 e. The molecular formula is C19H15F7O. The first-order valence-corrected chi connectivity index (χ1v) is 8.34. The molecule has 2 aromatic carbocycles. The van der Waals surface area contributed by atoms with E-state index in [1.807, 2.05) is 0 Å². The highest BCUT2D eigenvalue weighted by molar-refractivity contribution is 5.43. The van der Waals surface area contributed by atoms with Crippen LogP contribution in [0, 0.1) is 23.3 Å². The lowest BCUT2D eigenvalue weighted by atomic mass is 9.79. The van der Waals surface area contributed by atoms with E-state index in [-0.39, 0.29) is 36.0 Å². The number of rotatable bonds is 3. The van der Waals surface area contributed by atoms with Crippen molar-refractivity contribution in [3.05, 3.63) is 63.7 Å². The summed E-state index contributed by atoms with van der Waals surface area (Å²) in [6.07, 6.45) is -4.86. The molecule has 0 saturated heterocycles. The average Bonchev–Trinajstić information content (AvgIpc) is 2.57. The molecule has 0 saturated carbocycles. The molecule has 0 N–H and O–H groups in total. The van der Waals surface area contributed by atoms with Crippen molar-refractivity contribution in [3.63, 3.8) is 0 Å². The monoisotopic (exact) mass is 392 g/mol. The molecule has 1 aliphatic rings. The molecule has 0 bridgehead atoms. The Labute approximate surface area is 150 Å². The fraction of sp³-hybridized carbons (Fsp3) is 0.368. The first-order chi connectivity index (χ1) is 12.6. The zero-order valence-corrected chi connectivity index (χ0v) is 14.2. The summed E-state index contributed by atoms with van der Waals surface area (Å²) in [5.74, 6) is -6.59. The third-order valence-corrected chi connectivity index (χ3v) is 4.75. The topological polar surface area (TPSA) is 9.23 Å². The van der Waals surface area contributed by atoms with E-state index >= 15 is 0 Å². The van der Waals surface area contributed by atoms with Crippen LogP contribution in [0.1, 0.15) is 41.5 Å². The van der Waals surface area contributed by atoms with E-state index in [2.05, 4.69) is 4.74 Å². The van der Waals surface area contributed by atoms with Gasteiger partial charge in [-0.05, 0) is 66.5 Å². The van der Waals surface area contributed by atoms with E-state index in [9.17, 15) is 30.7 Å². The zero-order valence-electron chi connectivity index (χ0n) is 14.2. The van der Waals surface area contributed by atoms with Crippen molar-refractivity contribution in [1.82, 2.24) is 0 Å². The molecule has 0 radical (unpaired) electrons. The number of alkyl halides is 3.